The number of halogens is 2. The summed E-state index contributed by atoms with van der Waals surface area (Å²) >= 11 is 0. The molecule has 0 amide bonds. The van der Waals surface area contributed by atoms with Crippen LogP contribution >= 0.6 is 0 Å². The monoisotopic (exact) mass is 352 g/mol. The molecule has 1 saturated carbocycles. The molecule has 136 valence electrons. The van der Waals surface area contributed by atoms with Crippen LogP contribution in [-0.4, -0.2) is 18.0 Å². The van der Waals surface area contributed by atoms with E-state index in [-0.39, 0.29) is 23.7 Å². The largest absolute Gasteiger partial charge is 0.459 e. The van der Waals surface area contributed by atoms with E-state index in [1.807, 2.05) is 6.92 Å². The van der Waals surface area contributed by atoms with Gasteiger partial charge in [0.05, 0.1) is 5.92 Å². The van der Waals surface area contributed by atoms with Gasteiger partial charge in [0.1, 0.15) is 11.9 Å². The number of esters is 2. The third-order valence-electron chi connectivity index (χ3n) is 4.58. The Bertz CT molecular complexity index is 636. The summed E-state index contributed by atoms with van der Waals surface area (Å²) in [5, 5.41) is 0. The van der Waals surface area contributed by atoms with Gasteiger partial charge in [-0.1, -0.05) is 13.5 Å². The van der Waals surface area contributed by atoms with Gasteiger partial charge in [-0.2, -0.15) is 0 Å². The molecule has 1 unspecified atom stereocenters. The molecule has 1 fully saturated rings. The van der Waals surface area contributed by atoms with Crippen molar-refractivity contribution in [2.24, 2.45) is 11.8 Å². The van der Waals surface area contributed by atoms with Gasteiger partial charge in [0, 0.05) is 12.1 Å². The zero-order valence-corrected chi connectivity index (χ0v) is 14.2. The topological polar surface area (TPSA) is 52.6 Å². The highest BCUT2D eigenvalue weighted by Crippen LogP contribution is 2.34. The molecular formula is C19H22F2O4. The summed E-state index contributed by atoms with van der Waals surface area (Å²) in [6.45, 7) is 5.34. The first kappa shape index (κ1) is 19.1. The zero-order valence-electron chi connectivity index (χ0n) is 14.2. The summed E-state index contributed by atoms with van der Waals surface area (Å²) in [6.07, 6.45) is 4.35. The van der Waals surface area contributed by atoms with Gasteiger partial charge in [0.2, 0.25) is 0 Å². The van der Waals surface area contributed by atoms with E-state index in [1.54, 1.807) is 0 Å². The first-order chi connectivity index (χ1) is 11.9. The Balaban J connectivity index is 1.88. The highest BCUT2D eigenvalue weighted by atomic mass is 19.2. The molecule has 25 heavy (non-hydrogen) atoms. The maximum absolute atomic E-state index is 13.2. The summed E-state index contributed by atoms with van der Waals surface area (Å²) in [5.74, 6) is -3.02. The van der Waals surface area contributed by atoms with Crippen molar-refractivity contribution in [1.82, 2.24) is 0 Å². The fourth-order valence-electron chi connectivity index (χ4n) is 3.18. The highest BCUT2D eigenvalue weighted by Gasteiger charge is 2.32. The van der Waals surface area contributed by atoms with Crippen molar-refractivity contribution in [3.63, 3.8) is 0 Å². The predicted octanol–water partition coefficient (Wildman–Crippen LogP) is 4.18. The lowest BCUT2D eigenvalue weighted by Gasteiger charge is -2.32. The van der Waals surface area contributed by atoms with Crippen LogP contribution in [0.1, 0.15) is 39.0 Å². The number of benzene rings is 1. The van der Waals surface area contributed by atoms with Gasteiger partial charge in [-0.25, -0.2) is 13.6 Å². The second-order valence-electron chi connectivity index (χ2n) is 6.20. The van der Waals surface area contributed by atoms with E-state index in [9.17, 15) is 18.4 Å². The molecule has 0 radical (unpaired) electrons. The van der Waals surface area contributed by atoms with Gasteiger partial charge in [-0.3, -0.25) is 4.79 Å². The lowest BCUT2D eigenvalue weighted by atomic mass is 9.79. The van der Waals surface area contributed by atoms with Crippen LogP contribution in [0.4, 0.5) is 8.78 Å². The Hall–Kier alpha value is -2.24. The number of hydrogen-bond donors (Lipinski definition) is 0. The van der Waals surface area contributed by atoms with E-state index in [2.05, 4.69) is 6.58 Å². The third-order valence-corrected chi connectivity index (χ3v) is 4.58. The molecular weight excluding hydrogens is 330 g/mol. The Morgan fingerprint density at radius 3 is 2.48 bits per heavy atom. The first-order valence-electron chi connectivity index (χ1n) is 8.44. The number of carbonyl (C=O) groups excluding carboxylic acids is 2. The van der Waals surface area contributed by atoms with Crippen LogP contribution in [0, 0.1) is 23.5 Å². The molecule has 1 aromatic carbocycles. The van der Waals surface area contributed by atoms with Crippen molar-refractivity contribution in [2.75, 3.05) is 0 Å². The Labute approximate surface area is 145 Å². The van der Waals surface area contributed by atoms with Crippen molar-refractivity contribution < 1.29 is 27.8 Å². The van der Waals surface area contributed by atoms with Gasteiger partial charge >= 0.3 is 11.9 Å². The summed E-state index contributed by atoms with van der Waals surface area (Å²) in [5.41, 5.74) is 0. The van der Waals surface area contributed by atoms with E-state index in [4.69, 9.17) is 9.47 Å². The van der Waals surface area contributed by atoms with E-state index in [1.165, 1.54) is 6.07 Å². The Morgan fingerprint density at radius 2 is 1.92 bits per heavy atom. The number of ether oxygens (including phenoxy) is 2. The maximum Gasteiger partial charge on any atom is 0.330 e. The van der Waals surface area contributed by atoms with Crippen LogP contribution < -0.4 is 4.74 Å². The smallest absolute Gasteiger partial charge is 0.330 e. The van der Waals surface area contributed by atoms with Crippen molar-refractivity contribution in [1.29, 1.82) is 0 Å². The van der Waals surface area contributed by atoms with Crippen LogP contribution in [0.15, 0.2) is 30.9 Å². The summed E-state index contributed by atoms with van der Waals surface area (Å²) < 4.78 is 36.6. The minimum atomic E-state index is -1.05. The summed E-state index contributed by atoms with van der Waals surface area (Å²) in [6, 6.07) is 3.01. The number of hydrogen-bond acceptors (Lipinski definition) is 4. The molecule has 0 spiro atoms. The van der Waals surface area contributed by atoms with Crippen LogP contribution in [-0.2, 0) is 14.3 Å². The van der Waals surface area contributed by atoms with E-state index in [0.29, 0.717) is 19.3 Å². The molecule has 2 rings (SSSR count). The predicted molar refractivity (Wildman–Crippen MR) is 87.8 cm³/mol. The van der Waals surface area contributed by atoms with Crippen molar-refractivity contribution >= 4 is 11.9 Å². The van der Waals surface area contributed by atoms with Gasteiger partial charge in [-0.15, -0.1) is 0 Å². The fourth-order valence-corrected chi connectivity index (χ4v) is 3.18. The number of carbonyl (C=O) groups is 2. The van der Waals surface area contributed by atoms with Crippen molar-refractivity contribution in [3.05, 3.63) is 42.5 Å². The van der Waals surface area contributed by atoms with E-state index in [0.717, 1.165) is 31.1 Å². The average Bonchev–Trinajstić information content (AvgIpc) is 2.62. The second-order valence-corrected chi connectivity index (χ2v) is 6.20. The molecule has 6 heteroatoms. The molecule has 1 atom stereocenters. The zero-order chi connectivity index (χ0) is 18.4. The van der Waals surface area contributed by atoms with Crippen molar-refractivity contribution in [2.45, 2.75) is 45.1 Å². The first-order valence-corrected chi connectivity index (χ1v) is 8.44. The number of rotatable bonds is 6. The van der Waals surface area contributed by atoms with E-state index < -0.39 is 23.6 Å². The minimum Gasteiger partial charge on any atom is -0.459 e. The second kappa shape index (κ2) is 8.74. The minimum absolute atomic E-state index is 0.00243. The molecule has 0 heterocycles. The van der Waals surface area contributed by atoms with E-state index >= 15 is 0 Å². The SMILES string of the molecule is C=CC(=O)OC(CC)C1CCC(C(=O)Oc2ccc(F)c(F)c2)CC1. The fraction of sp³-hybridized carbons (Fsp3) is 0.474. The molecule has 1 aromatic rings. The molecule has 0 N–H and O–H groups in total. The Kier molecular flexibility index (Phi) is 6.67. The molecule has 1 aliphatic rings. The Morgan fingerprint density at radius 1 is 1.24 bits per heavy atom. The highest BCUT2D eigenvalue weighted by molar-refractivity contribution is 5.81. The van der Waals surface area contributed by atoms with Gasteiger partial charge in [-0.05, 0) is 50.2 Å². The quantitative estimate of drug-likeness (QED) is 0.438. The standard InChI is InChI=1S/C19H22F2O4/c1-3-17(25-18(22)4-2)12-5-7-13(8-6-12)19(23)24-14-9-10-15(20)16(21)11-14/h4,9-13,17H,2-3,5-8H2,1H3. The summed E-state index contributed by atoms with van der Waals surface area (Å²) in [4.78, 5) is 23.6. The molecule has 1 aliphatic carbocycles. The van der Waals surface area contributed by atoms with Crippen LogP contribution in [0.3, 0.4) is 0 Å². The van der Waals surface area contributed by atoms with Gasteiger partial charge in [0.25, 0.3) is 0 Å². The lowest BCUT2D eigenvalue weighted by Crippen LogP contribution is -2.32. The molecule has 0 saturated heterocycles. The summed E-state index contributed by atoms with van der Waals surface area (Å²) in [7, 11) is 0. The third kappa shape index (κ3) is 5.11. The van der Waals surface area contributed by atoms with Crippen LogP contribution in [0.2, 0.25) is 0 Å². The molecule has 0 bridgehead atoms. The molecule has 4 nitrogen and oxygen atoms in total. The molecule has 0 aliphatic heterocycles. The lowest BCUT2D eigenvalue weighted by molar-refractivity contribution is -0.148. The van der Waals surface area contributed by atoms with Gasteiger partial charge < -0.3 is 9.47 Å². The maximum atomic E-state index is 13.2. The normalized spacial score (nSPS) is 21.2. The van der Waals surface area contributed by atoms with Crippen LogP contribution in [0.5, 0.6) is 5.75 Å². The molecule has 0 aromatic heterocycles. The van der Waals surface area contributed by atoms with Crippen LogP contribution in [0.25, 0.3) is 0 Å². The average molecular weight is 352 g/mol. The van der Waals surface area contributed by atoms with Gasteiger partial charge in [0.15, 0.2) is 11.6 Å². The van der Waals surface area contributed by atoms with Crippen molar-refractivity contribution in [3.8, 4) is 5.75 Å².